The maximum absolute atomic E-state index is 6.22. The van der Waals surface area contributed by atoms with E-state index in [-0.39, 0.29) is 12.4 Å². The van der Waals surface area contributed by atoms with Crippen LogP contribution in [-0.2, 0) is 13.2 Å². The first-order valence-electron chi connectivity index (χ1n) is 8.27. The zero-order valence-corrected chi connectivity index (χ0v) is 18.7. The van der Waals surface area contributed by atoms with E-state index in [2.05, 4.69) is 28.2 Å². The van der Waals surface area contributed by atoms with E-state index in [9.17, 15) is 0 Å². The first kappa shape index (κ1) is 23.4. The molecule has 1 N–H and O–H groups in total. The molecular formula is C19H23BrCl3NO2. The standard InChI is InChI=1S/C19H22BrCl2NO2.ClH/c1-3-7-23-11-13-8-16(20)19(18(9-13)24-4-2)25-12-14-5-6-15(21)10-17(14)22;/h5-6,8-10,23H,3-4,7,11-12H2,1-2H3;1H. The third-order valence-electron chi connectivity index (χ3n) is 3.51. The highest BCUT2D eigenvalue weighted by atomic mass is 79.9. The van der Waals surface area contributed by atoms with Gasteiger partial charge in [-0.05, 0) is 65.6 Å². The number of rotatable bonds is 9. The van der Waals surface area contributed by atoms with E-state index in [0.717, 1.165) is 40.9 Å². The second-order valence-corrected chi connectivity index (χ2v) is 7.24. The number of nitrogens with one attached hydrogen (secondary N) is 1. The summed E-state index contributed by atoms with van der Waals surface area (Å²) in [6, 6.07) is 9.43. The molecule has 0 spiro atoms. The van der Waals surface area contributed by atoms with Crippen LogP contribution in [0.1, 0.15) is 31.4 Å². The van der Waals surface area contributed by atoms with E-state index in [1.54, 1.807) is 12.1 Å². The van der Waals surface area contributed by atoms with Gasteiger partial charge in [-0.25, -0.2) is 0 Å². The van der Waals surface area contributed by atoms with E-state index in [4.69, 9.17) is 32.7 Å². The van der Waals surface area contributed by atoms with Crippen LogP contribution in [0.5, 0.6) is 11.5 Å². The van der Waals surface area contributed by atoms with Crippen molar-refractivity contribution in [2.24, 2.45) is 0 Å². The molecule has 144 valence electrons. The van der Waals surface area contributed by atoms with E-state index in [1.807, 2.05) is 25.1 Å². The Kier molecular flexibility index (Phi) is 10.7. The minimum absolute atomic E-state index is 0. The molecule has 26 heavy (non-hydrogen) atoms. The second kappa shape index (κ2) is 11.9. The zero-order chi connectivity index (χ0) is 18.2. The molecule has 0 atom stereocenters. The van der Waals surface area contributed by atoms with Gasteiger partial charge < -0.3 is 14.8 Å². The van der Waals surface area contributed by atoms with E-state index < -0.39 is 0 Å². The van der Waals surface area contributed by atoms with Crippen LogP contribution in [0.25, 0.3) is 0 Å². The Hall–Kier alpha value is -0.650. The third kappa shape index (κ3) is 6.82. The Labute approximate surface area is 179 Å². The molecule has 2 aromatic rings. The fourth-order valence-corrected chi connectivity index (χ4v) is 3.39. The molecule has 0 aliphatic rings. The molecule has 0 saturated heterocycles. The number of hydrogen-bond acceptors (Lipinski definition) is 3. The minimum atomic E-state index is 0. The Morgan fingerprint density at radius 1 is 1.08 bits per heavy atom. The van der Waals surface area contributed by atoms with E-state index in [1.165, 1.54) is 0 Å². The van der Waals surface area contributed by atoms with Gasteiger partial charge in [0.2, 0.25) is 0 Å². The average Bonchev–Trinajstić information content (AvgIpc) is 2.56. The predicted octanol–water partition coefficient (Wildman–Crippen LogP) is 6.66. The van der Waals surface area contributed by atoms with Gasteiger partial charge in [-0.15, -0.1) is 12.4 Å². The molecule has 0 aliphatic heterocycles. The molecule has 0 aliphatic carbocycles. The van der Waals surface area contributed by atoms with Gasteiger partial charge in [-0.3, -0.25) is 0 Å². The van der Waals surface area contributed by atoms with Gasteiger partial charge in [0, 0.05) is 22.2 Å². The molecule has 0 fully saturated rings. The summed E-state index contributed by atoms with van der Waals surface area (Å²) in [4.78, 5) is 0. The highest BCUT2D eigenvalue weighted by Crippen LogP contribution is 2.38. The van der Waals surface area contributed by atoms with Gasteiger partial charge >= 0.3 is 0 Å². The molecule has 0 unspecified atom stereocenters. The van der Waals surface area contributed by atoms with Gasteiger partial charge in [0.15, 0.2) is 11.5 Å². The SMILES string of the molecule is CCCNCc1cc(Br)c(OCc2ccc(Cl)cc2Cl)c(OCC)c1.Cl. The summed E-state index contributed by atoms with van der Waals surface area (Å²) in [7, 11) is 0. The molecular weight excluding hydrogens is 460 g/mol. The number of hydrogen-bond donors (Lipinski definition) is 1. The Morgan fingerprint density at radius 2 is 1.85 bits per heavy atom. The van der Waals surface area contributed by atoms with Crippen LogP contribution < -0.4 is 14.8 Å². The molecule has 0 amide bonds. The summed E-state index contributed by atoms with van der Waals surface area (Å²) in [5, 5.41) is 4.58. The lowest BCUT2D eigenvalue weighted by Gasteiger charge is -2.16. The van der Waals surface area contributed by atoms with E-state index >= 15 is 0 Å². The van der Waals surface area contributed by atoms with Gasteiger partial charge in [0.1, 0.15) is 6.61 Å². The molecule has 2 aromatic carbocycles. The Morgan fingerprint density at radius 3 is 2.50 bits per heavy atom. The monoisotopic (exact) mass is 481 g/mol. The second-order valence-electron chi connectivity index (χ2n) is 5.54. The predicted molar refractivity (Wildman–Crippen MR) is 115 cm³/mol. The summed E-state index contributed by atoms with van der Waals surface area (Å²) < 4.78 is 12.6. The van der Waals surface area contributed by atoms with Gasteiger partial charge in [-0.1, -0.05) is 36.2 Å². The van der Waals surface area contributed by atoms with Gasteiger partial charge in [0.25, 0.3) is 0 Å². The van der Waals surface area contributed by atoms with Crippen molar-refractivity contribution in [3.8, 4) is 11.5 Å². The van der Waals surface area contributed by atoms with E-state index in [0.29, 0.717) is 29.0 Å². The topological polar surface area (TPSA) is 30.5 Å². The minimum Gasteiger partial charge on any atom is -0.490 e. The van der Waals surface area contributed by atoms with Crippen molar-refractivity contribution in [1.82, 2.24) is 5.32 Å². The molecule has 7 heteroatoms. The highest BCUT2D eigenvalue weighted by molar-refractivity contribution is 9.10. The summed E-state index contributed by atoms with van der Waals surface area (Å²) in [5.74, 6) is 1.39. The van der Waals surface area contributed by atoms with Crippen molar-refractivity contribution >= 4 is 51.5 Å². The Bertz CT molecular complexity index is 713. The van der Waals surface area contributed by atoms with Crippen LogP contribution >= 0.6 is 51.5 Å². The van der Waals surface area contributed by atoms with Crippen molar-refractivity contribution < 1.29 is 9.47 Å². The molecule has 0 aromatic heterocycles. The summed E-state index contributed by atoms with van der Waals surface area (Å²) in [5.41, 5.74) is 2.01. The first-order valence-corrected chi connectivity index (χ1v) is 9.82. The summed E-state index contributed by atoms with van der Waals surface area (Å²) in [6.45, 7) is 6.77. The third-order valence-corrected chi connectivity index (χ3v) is 4.69. The van der Waals surface area contributed by atoms with Gasteiger partial charge in [-0.2, -0.15) is 0 Å². The first-order chi connectivity index (χ1) is 12.0. The van der Waals surface area contributed by atoms with Gasteiger partial charge in [0.05, 0.1) is 11.1 Å². The van der Waals surface area contributed by atoms with Crippen molar-refractivity contribution in [3.63, 3.8) is 0 Å². The summed E-state index contributed by atoms with van der Waals surface area (Å²) >= 11 is 15.7. The van der Waals surface area contributed by atoms with Crippen LogP contribution in [0.4, 0.5) is 0 Å². The largest absolute Gasteiger partial charge is 0.490 e. The highest BCUT2D eigenvalue weighted by Gasteiger charge is 2.13. The fourth-order valence-electron chi connectivity index (χ4n) is 2.32. The summed E-state index contributed by atoms with van der Waals surface area (Å²) in [6.07, 6.45) is 1.10. The molecule has 0 saturated carbocycles. The average molecular weight is 484 g/mol. The molecule has 0 radical (unpaired) electrons. The number of benzene rings is 2. The quantitative estimate of drug-likeness (QED) is 0.405. The zero-order valence-electron chi connectivity index (χ0n) is 14.8. The molecule has 0 heterocycles. The van der Waals surface area contributed by atoms with Crippen molar-refractivity contribution in [3.05, 3.63) is 56.0 Å². The number of ether oxygens (including phenoxy) is 2. The fraction of sp³-hybridized carbons (Fsp3) is 0.368. The lowest BCUT2D eigenvalue weighted by molar-refractivity contribution is 0.267. The normalized spacial score (nSPS) is 10.3. The van der Waals surface area contributed by atoms with Crippen molar-refractivity contribution in [2.45, 2.75) is 33.4 Å². The van der Waals surface area contributed by atoms with Crippen molar-refractivity contribution in [2.75, 3.05) is 13.2 Å². The number of halogens is 4. The van der Waals surface area contributed by atoms with Crippen LogP contribution in [0, 0.1) is 0 Å². The van der Waals surface area contributed by atoms with Crippen LogP contribution in [-0.4, -0.2) is 13.2 Å². The van der Waals surface area contributed by atoms with Crippen molar-refractivity contribution in [1.29, 1.82) is 0 Å². The van der Waals surface area contributed by atoms with Crippen LogP contribution in [0.3, 0.4) is 0 Å². The van der Waals surface area contributed by atoms with Crippen LogP contribution in [0.2, 0.25) is 10.0 Å². The van der Waals surface area contributed by atoms with Crippen LogP contribution in [0.15, 0.2) is 34.8 Å². The lowest BCUT2D eigenvalue weighted by atomic mass is 10.2. The maximum atomic E-state index is 6.22. The Balaban J connectivity index is 0.00000338. The molecule has 0 bridgehead atoms. The lowest BCUT2D eigenvalue weighted by Crippen LogP contribution is -2.14. The maximum Gasteiger partial charge on any atom is 0.175 e. The smallest absolute Gasteiger partial charge is 0.175 e. The molecule has 3 nitrogen and oxygen atoms in total. The molecule has 2 rings (SSSR count).